The Morgan fingerprint density at radius 3 is 3.08 bits per heavy atom. The van der Waals surface area contributed by atoms with Crippen LogP contribution in [0.3, 0.4) is 0 Å². The van der Waals surface area contributed by atoms with Gasteiger partial charge in [0, 0.05) is 12.1 Å². The summed E-state index contributed by atoms with van der Waals surface area (Å²) in [6.07, 6.45) is 0. The second-order valence-electron chi connectivity index (χ2n) is 2.97. The van der Waals surface area contributed by atoms with Gasteiger partial charge < -0.3 is 15.5 Å². The molecule has 1 aliphatic rings. The third kappa shape index (κ3) is 0.983. The van der Waals surface area contributed by atoms with Crippen LogP contribution in [0.15, 0.2) is 18.2 Å². The number of aliphatic hydroxyl groups is 1. The van der Waals surface area contributed by atoms with Crippen molar-refractivity contribution in [3.8, 4) is 5.75 Å². The zero-order chi connectivity index (χ0) is 8.55. The Kier molecular flexibility index (Phi) is 1.75. The smallest absolute Gasteiger partial charge is 0.120 e. The van der Waals surface area contributed by atoms with Crippen molar-refractivity contribution in [1.82, 2.24) is 5.32 Å². The summed E-state index contributed by atoms with van der Waals surface area (Å²) in [7, 11) is 0. The number of phenols is 1. The van der Waals surface area contributed by atoms with Crippen LogP contribution in [0.5, 0.6) is 5.75 Å². The maximum atomic E-state index is 9.48. The highest BCUT2D eigenvalue weighted by Gasteiger charge is 2.23. The number of aliphatic hydroxyl groups excluding tert-OH is 1. The summed E-state index contributed by atoms with van der Waals surface area (Å²) in [5, 5.41) is 21.5. The molecule has 0 radical (unpaired) electrons. The number of phenolic OH excluding ortho intramolecular Hbond substituents is 1. The lowest BCUT2D eigenvalue weighted by atomic mass is 10.0. The van der Waals surface area contributed by atoms with Crippen molar-refractivity contribution < 1.29 is 10.2 Å². The molecule has 1 aromatic rings. The summed E-state index contributed by atoms with van der Waals surface area (Å²) in [4.78, 5) is 0. The number of hydrogen-bond donors (Lipinski definition) is 3. The van der Waals surface area contributed by atoms with Gasteiger partial charge in [-0.3, -0.25) is 0 Å². The highest BCUT2D eigenvalue weighted by molar-refractivity contribution is 5.44. The lowest BCUT2D eigenvalue weighted by molar-refractivity contribution is 0.249. The van der Waals surface area contributed by atoms with Crippen LogP contribution in [0.25, 0.3) is 0 Å². The molecule has 2 rings (SSSR count). The summed E-state index contributed by atoms with van der Waals surface area (Å²) < 4.78 is 0. The molecule has 3 N–H and O–H groups in total. The van der Waals surface area contributed by atoms with Crippen molar-refractivity contribution in [2.45, 2.75) is 12.6 Å². The molecule has 3 heteroatoms. The van der Waals surface area contributed by atoms with E-state index in [1.807, 2.05) is 12.1 Å². The minimum Gasteiger partial charge on any atom is -0.508 e. The van der Waals surface area contributed by atoms with Gasteiger partial charge in [-0.25, -0.2) is 0 Å². The molecule has 1 aromatic carbocycles. The van der Waals surface area contributed by atoms with Crippen molar-refractivity contribution in [1.29, 1.82) is 0 Å². The standard InChI is InChI=1S/C9H11NO2/c11-5-7-9-6(4-10-7)2-1-3-8(9)12/h1-3,7,10-12H,4-5H2/t7-/m1/s1. The maximum Gasteiger partial charge on any atom is 0.120 e. The van der Waals surface area contributed by atoms with Crippen molar-refractivity contribution in [2.75, 3.05) is 6.61 Å². The summed E-state index contributed by atoms with van der Waals surface area (Å²) in [5.74, 6) is 0.275. The minimum atomic E-state index is -0.0961. The van der Waals surface area contributed by atoms with Crippen molar-refractivity contribution >= 4 is 0 Å². The molecular weight excluding hydrogens is 154 g/mol. The first kappa shape index (κ1) is 7.58. The molecule has 0 unspecified atom stereocenters. The van der Waals surface area contributed by atoms with Crippen molar-refractivity contribution in [3.63, 3.8) is 0 Å². The Balaban J connectivity index is 2.48. The molecular formula is C9H11NO2. The number of fused-ring (bicyclic) bond motifs is 1. The number of nitrogens with one attached hydrogen (secondary N) is 1. The van der Waals surface area contributed by atoms with Gasteiger partial charge in [0.05, 0.1) is 12.6 Å². The maximum absolute atomic E-state index is 9.48. The number of rotatable bonds is 1. The summed E-state index contributed by atoms with van der Waals surface area (Å²) in [6, 6.07) is 5.32. The fraction of sp³-hybridized carbons (Fsp3) is 0.333. The molecule has 0 saturated heterocycles. The summed E-state index contributed by atoms with van der Waals surface area (Å²) in [5.41, 5.74) is 1.93. The van der Waals surface area contributed by atoms with E-state index >= 15 is 0 Å². The predicted octanol–water partition coefficient (Wildman–Crippen LogP) is 0.529. The second-order valence-corrected chi connectivity index (χ2v) is 2.97. The van der Waals surface area contributed by atoms with E-state index in [1.54, 1.807) is 6.07 Å². The average molecular weight is 165 g/mol. The molecule has 0 aliphatic carbocycles. The van der Waals surface area contributed by atoms with Gasteiger partial charge in [0.25, 0.3) is 0 Å². The molecule has 1 aliphatic heterocycles. The van der Waals surface area contributed by atoms with Crippen molar-refractivity contribution in [2.24, 2.45) is 0 Å². The lowest BCUT2D eigenvalue weighted by Crippen LogP contribution is -2.15. The van der Waals surface area contributed by atoms with Gasteiger partial charge in [0.1, 0.15) is 5.75 Å². The molecule has 0 fully saturated rings. The van der Waals surface area contributed by atoms with E-state index in [2.05, 4.69) is 5.32 Å². The predicted molar refractivity (Wildman–Crippen MR) is 44.8 cm³/mol. The van der Waals surface area contributed by atoms with E-state index in [-0.39, 0.29) is 18.4 Å². The Bertz CT molecular complexity index is 299. The highest BCUT2D eigenvalue weighted by atomic mass is 16.3. The fourth-order valence-electron chi connectivity index (χ4n) is 1.65. The van der Waals surface area contributed by atoms with E-state index in [1.165, 1.54) is 0 Å². The van der Waals surface area contributed by atoms with Crippen LogP contribution >= 0.6 is 0 Å². The van der Waals surface area contributed by atoms with Gasteiger partial charge >= 0.3 is 0 Å². The molecule has 12 heavy (non-hydrogen) atoms. The Morgan fingerprint density at radius 2 is 2.33 bits per heavy atom. The second kappa shape index (κ2) is 2.77. The zero-order valence-corrected chi connectivity index (χ0v) is 6.62. The van der Waals surface area contributed by atoms with Crippen LogP contribution in [-0.4, -0.2) is 16.8 Å². The third-order valence-corrected chi connectivity index (χ3v) is 2.24. The molecule has 1 heterocycles. The highest BCUT2D eigenvalue weighted by Crippen LogP contribution is 2.32. The lowest BCUT2D eigenvalue weighted by Gasteiger charge is -2.08. The first-order chi connectivity index (χ1) is 5.83. The minimum absolute atomic E-state index is 0.0323. The van der Waals surface area contributed by atoms with E-state index < -0.39 is 0 Å². The summed E-state index contributed by atoms with van der Waals surface area (Å²) >= 11 is 0. The van der Waals surface area contributed by atoms with Gasteiger partial charge in [0.2, 0.25) is 0 Å². The van der Waals surface area contributed by atoms with E-state index in [4.69, 9.17) is 5.11 Å². The molecule has 0 spiro atoms. The van der Waals surface area contributed by atoms with Gasteiger partial charge in [-0.2, -0.15) is 0 Å². The number of aromatic hydroxyl groups is 1. The third-order valence-electron chi connectivity index (χ3n) is 2.24. The largest absolute Gasteiger partial charge is 0.508 e. The SMILES string of the molecule is OC[C@H]1NCc2cccc(O)c21. The molecule has 1 atom stereocenters. The Labute approximate surface area is 70.7 Å². The number of hydrogen-bond acceptors (Lipinski definition) is 3. The quantitative estimate of drug-likeness (QED) is 0.569. The fourth-order valence-corrected chi connectivity index (χ4v) is 1.65. The first-order valence-electron chi connectivity index (χ1n) is 3.98. The number of benzene rings is 1. The molecule has 0 amide bonds. The zero-order valence-electron chi connectivity index (χ0n) is 6.62. The van der Waals surface area contributed by atoms with Crippen LogP contribution in [0.4, 0.5) is 0 Å². The average Bonchev–Trinajstić information content (AvgIpc) is 2.49. The molecule has 0 saturated carbocycles. The molecule has 0 aromatic heterocycles. The van der Waals surface area contributed by atoms with Gasteiger partial charge in [-0.05, 0) is 11.6 Å². The van der Waals surface area contributed by atoms with Gasteiger partial charge in [-0.15, -0.1) is 0 Å². The van der Waals surface area contributed by atoms with Crippen LogP contribution < -0.4 is 5.32 Å². The molecule has 3 nitrogen and oxygen atoms in total. The van der Waals surface area contributed by atoms with E-state index in [0.717, 1.165) is 17.7 Å². The van der Waals surface area contributed by atoms with Crippen LogP contribution in [0.2, 0.25) is 0 Å². The first-order valence-corrected chi connectivity index (χ1v) is 3.98. The van der Waals surface area contributed by atoms with Crippen LogP contribution in [0, 0.1) is 0 Å². The van der Waals surface area contributed by atoms with Gasteiger partial charge in [0.15, 0.2) is 0 Å². The van der Waals surface area contributed by atoms with E-state index in [0.29, 0.717) is 0 Å². The van der Waals surface area contributed by atoms with E-state index in [9.17, 15) is 5.11 Å². The monoisotopic (exact) mass is 165 g/mol. The Morgan fingerprint density at radius 1 is 1.50 bits per heavy atom. The van der Waals surface area contributed by atoms with Crippen LogP contribution in [0.1, 0.15) is 17.2 Å². The molecule has 0 bridgehead atoms. The normalized spacial score (nSPS) is 20.9. The summed E-state index contributed by atoms with van der Waals surface area (Å²) in [6.45, 7) is 0.763. The Hall–Kier alpha value is -1.06. The molecule has 64 valence electrons. The van der Waals surface area contributed by atoms with Gasteiger partial charge in [-0.1, -0.05) is 12.1 Å². The van der Waals surface area contributed by atoms with Crippen LogP contribution in [-0.2, 0) is 6.54 Å². The van der Waals surface area contributed by atoms with Crippen molar-refractivity contribution in [3.05, 3.63) is 29.3 Å². The topological polar surface area (TPSA) is 52.5 Å².